The summed E-state index contributed by atoms with van der Waals surface area (Å²) < 4.78 is 28.0. The Morgan fingerprint density at radius 3 is 2.50 bits per heavy atom. The lowest BCUT2D eigenvalue weighted by Crippen LogP contribution is -2.06. The average molecular weight is 350 g/mol. The maximum atomic E-state index is 13.3. The van der Waals surface area contributed by atoms with Crippen LogP contribution in [0.1, 0.15) is 16.1 Å². The van der Waals surface area contributed by atoms with Crippen LogP contribution in [0, 0.1) is 11.6 Å². The maximum absolute atomic E-state index is 13.3. The molecule has 0 radical (unpaired) electrons. The zero-order chi connectivity index (χ0) is 17.3. The van der Waals surface area contributed by atoms with Crippen molar-refractivity contribution in [1.29, 1.82) is 0 Å². The third-order valence-corrected chi connectivity index (χ3v) is 3.53. The Bertz CT molecular complexity index is 907. The van der Waals surface area contributed by atoms with Gasteiger partial charge in [-0.05, 0) is 29.8 Å². The van der Waals surface area contributed by atoms with Crippen LogP contribution in [-0.2, 0) is 6.54 Å². The van der Waals surface area contributed by atoms with Gasteiger partial charge < -0.3 is 5.11 Å². The van der Waals surface area contributed by atoms with Crippen LogP contribution in [0.25, 0.3) is 11.3 Å². The van der Waals surface area contributed by atoms with Gasteiger partial charge in [0.2, 0.25) is 0 Å². The number of aromatic nitrogens is 3. The fraction of sp³-hybridized carbons (Fsp3) is 0.0625. The molecule has 122 valence electrons. The van der Waals surface area contributed by atoms with E-state index in [9.17, 15) is 18.7 Å². The molecule has 5 nitrogen and oxygen atoms in total. The summed E-state index contributed by atoms with van der Waals surface area (Å²) in [6, 6.07) is 9.56. The summed E-state index contributed by atoms with van der Waals surface area (Å²) in [6.45, 7) is -0.0448. The largest absolute Gasteiger partial charge is 0.476 e. The van der Waals surface area contributed by atoms with E-state index in [1.807, 2.05) is 0 Å². The number of hydrogen-bond acceptors (Lipinski definition) is 3. The highest BCUT2D eigenvalue weighted by Crippen LogP contribution is 2.26. The molecule has 0 bridgehead atoms. The second-order valence-electron chi connectivity index (χ2n) is 5.04. The highest BCUT2D eigenvalue weighted by atomic mass is 35.5. The second kappa shape index (κ2) is 6.37. The number of benzene rings is 2. The summed E-state index contributed by atoms with van der Waals surface area (Å²) in [7, 11) is 0. The molecule has 1 aromatic heterocycles. The zero-order valence-corrected chi connectivity index (χ0v) is 12.8. The molecule has 24 heavy (non-hydrogen) atoms. The first kappa shape index (κ1) is 16.1. The highest BCUT2D eigenvalue weighted by Gasteiger charge is 2.21. The van der Waals surface area contributed by atoms with Crippen molar-refractivity contribution in [2.45, 2.75) is 6.54 Å². The van der Waals surface area contributed by atoms with Crippen LogP contribution >= 0.6 is 11.6 Å². The number of aromatic carboxylic acids is 1. The van der Waals surface area contributed by atoms with Crippen LogP contribution in [0.15, 0.2) is 42.5 Å². The smallest absolute Gasteiger partial charge is 0.358 e. The maximum Gasteiger partial charge on any atom is 0.358 e. The molecule has 0 aliphatic rings. The van der Waals surface area contributed by atoms with E-state index in [-0.39, 0.29) is 23.5 Å². The fourth-order valence-corrected chi connectivity index (χ4v) is 2.55. The predicted molar refractivity (Wildman–Crippen MR) is 82.9 cm³/mol. The van der Waals surface area contributed by atoms with Gasteiger partial charge in [0.25, 0.3) is 0 Å². The molecular formula is C16H10ClF2N3O2. The molecule has 0 spiro atoms. The van der Waals surface area contributed by atoms with Crippen LogP contribution in [0.5, 0.6) is 0 Å². The first-order valence-electron chi connectivity index (χ1n) is 6.82. The van der Waals surface area contributed by atoms with E-state index < -0.39 is 17.6 Å². The number of carbonyl (C=O) groups is 1. The summed E-state index contributed by atoms with van der Waals surface area (Å²) in [4.78, 5) is 11.4. The zero-order valence-electron chi connectivity index (χ0n) is 12.1. The second-order valence-corrected chi connectivity index (χ2v) is 5.47. The van der Waals surface area contributed by atoms with E-state index in [4.69, 9.17) is 11.6 Å². The number of rotatable bonds is 4. The van der Waals surface area contributed by atoms with Crippen molar-refractivity contribution < 1.29 is 18.7 Å². The van der Waals surface area contributed by atoms with E-state index in [0.29, 0.717) is 10.6 Å². The molecule has 0 saturated carbocycles. The summed E-state index contributed by atoms with van der Waals surface area (Å²) >= 11 is 5.95. The lowest BCUT2D eigenvalue weighted by Gasteiger charge is -2.08. The molecule has 0 amide bonds. The minimum atomic E-state index is -1.26. The van der Waals surface area contributed by atoms with E-state index in [1.165, 1.54) is 4.68 Å². The molecule has 0 fully saturated rings. The lowest BCUT2D eigenvalue weighted by molar-refractivity contribution is 0.0691. The molecule has 2 aromatic carbocycles. The minimum absolute atomic E-state index is 0.0448. The van der Waals surface area contributed by atoms with Gasteiger partial charge in [-0.15, -0.1) is 5.10 Å². The van der Waals surface area contributed by atoms with E-state index in [2.05, 4.69) is 10.3 Å². The van der Waals surface area contributed by atoms with Crippen molar-refractivity contribution in [2.75, 3.05) is 0 Å². The lowest BCUT2D eigenvalue weighted by atomic mass is 10.1. The third-order valence-electron chi connectivity index (χ3n) is 3.29. The Morgan fingerprint density at radius 1 is 1.17 bits per heavy atom. The molecule has 0 aliphatic heterocycles. The summed E-state index contributed by atoms with van der Waals surface area (Å²) in [5.41, 5.74) is 0.711. The van der Waals surface area contributed by atoms with Crippen molar-refractivity contribution in [3.8, 4) is 11.3 Å². The van der Waals surface area contributed by atoms with Crippen molar-refractivity contribution in [1.82, 2.24) is 15.0 Å². The quantitative estimate of drug-likeness (QED) is 0.781. The van der Waals surface area contributed by atoms with Gasteiger partial charge in [-0.2, -0.15) is 0 Å². The van der Waals surface area contributed by atoms with Gasteiger partial charge in [-0.25, -0.2) is 18.3 Å². The Kier molecular flexibility index (Phi) is 4.26. The SMILES string of the molecule is O=C(O)c1nnn(Cc2cc(F)cc(F)c2)c1-c1cccc(Cl)c1. The van der Waals surface area contributed by atoms with Gasteiger partial charge in [0.05, 0.1) is 6.54 Å². The topological polar surface area (TPSA) is 68.0 Å². The molecule has 0 aliphatic carbocycles. The number of hydrogen-bond donors (Lipinski definition) is 1. The van der Waals surface area contributed by atoms with Crippen molar-refractivity contribution in [2.24, 2.45) is 0 Å². The molecule has 0 unspecified atom stereocenters. The standard InChI is InChI=1S/C16H10ClF2N3O2/c17-11-3-1-2-10(6-11)15-14(16(23)24)20-21-22(15)8-9-4-12(18)7-13(19)5-9/h1-7H,8H2,(H,23,24). The molecule has 0 saturated heterocycles. The van der Waals surface area contributed by atoms with Crippen molar-refractivity contribution in [3.63, 3.8) is 0 Å². The molecular weight excluding hydrogens is 340 g/mol. The monoisotopic (exact) mass is 349 g/mol. The van der Waals surface area contributed by atoms with Crippen LogP contribution in [0.3, 0.4) is 0 Å². The molecule has 1 N–H and O–H groups in total. The van der Waals surface area contributed by atoms with Crippen molar-refractivity contribution in [3.05, 3.63) is 70.4 Å². The fourth-order valence-electron chi connectivity index (χ4n) is 2.36. The van der Waals surface area contributed by atoms with E-state index in [1.54, 1.807) is 24.3 Å². The summed E-state index contributed by atoms with van der Waals surface area (Å²) in [5.74, 6) is -2.72. The van der Waals surface area contributed by atoms with Gasteiger partial charge in [-0.1, -0.05) is 28.9 Å². The van der Waals surface area contributed by atoms with E-state index in [0.717, 1.165) is 18.2 Å². The Balaban J connectivity index is 2.10. The van der Waals surface area contributed by atoms with Gasteiger partial charge in [0.1, 0.15) is 17.3 Å². The molecule has 3 aromatic rings. The van der Waals surface area contributed by atoms with Crippen LogP contribution in [0.2, 0.25) is 5.02 Å². The van der Waals surface area contributed by atoms with E-state index >= 15 is 0 Å². The van der Waals surface area contributed by atoms with Gasteiger partial charge in [-0.3, -0.25) is 0 Å². The van der Waals surface area contributed by atoms with Gasteiger partial charge >= 0.3 is 5.97 Å². The first-order valence-corrected chi connectivity index (χ1v) is 7.19. The number of carboxylic acid groups (broad SMARTS) is 1. The van der Waals surface area contributed by atoms with Crippen LogP contribution in [0.4, 0.5) is 8.78 Å². The number of carboxylic acids is 1. The molecule has 8 heteroatoms. The minimum Gasteiger partial charge on any atom is -0.476 e. The first-order chi connectivity index (χ1) is 11.4. The predicted octanol–water partition coefficient (Wildman–Crippen LogP) is 3.62. The van der Waals surface area contributed by atoms with Crippen molar-refractivity contribution >= 4 is 17.6 Å². The Morgan fingerprint density at radius 2 is 1.88 bits per heavy atom. The molecule has 3 rings (SSSR count). The van der Waals surface area contributed by atoms with Crippen LogP contribution in [-0.4, -0.2) is 26.1 Å². The highest BCUT2D eigenvalue weighted by molar-refractivity contribution is 6.30. The normalized spacial score (nSPS) is 10.8. The summed E-state index contributed by atoms with van der Waals surface area (Å²) in [5, 5.41) is 17.1. The number of halogens is 3. The average Bonchev–Trinajstić information content (AvgIpc) is 2.90. The van der Waals surface area contributed by atoms with Crippen LogP contribution < -0.4 is 0 Å². The Labute approximate surface area is 140 Å². The number of nitrogens with zero attached hydrogens (tertiary/aromatic N) is 3. The molecule has 1 heterocycles. The summed E-state index contributed by atoms with van der Waals surface area (Å²) in [6.07, 6.45) is 0. The van der Waals surface area contributed by atoms with Gasteiger partial charge in [0, 0.05) is 16.7 Å². The third kappa shape index (κ3) is 3.26. The molecule has 0 atom stereocenters. The Hall–Kier alpha value is -2.80. The van der Waals surface area contributed by atoms with Gasteiger partial charge in [0.15, 0.2) is 5.69 Å².